The number of pyridine rings is 1. The standard InChI is InChI=1S/C30H17ClN2O3/c31-24-14-21-22(29(35)20-12-5-4-11-19(20)28(21)34)15-27(24)33-30(36)23-16-26(17-8-2-1-3-9-17)32-25-13-7-6-10-18(23)25/h1-16H,(H,33,36). The number of benzene rings is 4. The van der Waals surface area contributed by atoms with Crippen molar-refractivity contribution in [3.05, 3.63) is 130 Å². The van der Waals surface area contributed by atoms with E-state index in [9.17, 15) is 14.4 Å². The van der Waals surface area contributed by atoms with Gasteiger partial charge in [0.05, 0.1) is 27.5 Å². The van der Waals surface area contributed by atoms with Crippen molar-refractivity contribution in [3.8, 4) is 11.3 Å². The van der Waals surface area contributed by atoms with Gasteiger partial charge in [-0.05, 0) is 24.3 Å². The number of rotatable bonds is 3. The number of amides is 1. The van der Waals surface area contributed by atoms with Gasteiger partial charge in [-0.2, -0.15) is 0 Å². The molecule has 172 valence electrons. The average molecular weight is 489 g/mol. The molecule has 0 saturated heterocycles. The summed E-state index contributed by atoms with van der Waals surface area (Å²) >= 11 is 6.49. The molecular weight excluding hydrogens is 472 g/mol. The molecular formula is C30H17ClN2O3. The summed E-state index contributed by atoms with van der Waals surface area (Å²) in [6.45, 7) is 0. The Kier molecular flexibility index (Phi) is 5.20. The molecule has 0 aliphatic heterocycles. The number of carbonyl (C=O) groups is 3. The summed E-state index contributed by atoms with van der Waals surface area (Å²) in [5, 5.41) is 3.70. The van der Waals surface area contributed by atoms with Crippen LogP contribution in [0.2, 0.25) is 5.02 Å². The number of carbonyl (C=O) groups excluding carboxylic acids is 3. The second-order valence-electron chi connectivity index (χ2n) is 8.47. The highest BCUT2D eigenvalue weighted by atomic mass is 35.5. The van der Waals surface area contributed by atoms with E-state index in [2.05, 4.69) is 5.32 Å². The largest absolute Gasteiger partial charge is 0.321 e. The van der Waals surface area contributed by atoms with E-state index >= 15 is 0 Å². The van der Waals surface area contributed by atoms with Gasteiger partial charge in [0.2, 0.25) is 0 Å². The third kappa shape index (κ3) is 3.58. The molecule has 5 nitrogen and oxygen atoms in total. The molecule has 1 aromatic heterocycles. The number of ketones is 2. The first-order chi connectivity index (χ1) is 17.5. The zero-order valence-electron chi connectivity index (χ0n) is 18.8. The Balaban J connectivity index is 1.42. The molecule has 1 amide bonds. The van der Waals surface area contributed by atoms with Gasteiger partial charge in [-0.25, -0.2) is 4.98 Å². The minimum absolute atomic E-state index is 0.171. The van der Waals surface area contributed by atoms with Gasteiger partial charge < -0.3 is 5.32 Å². The van der Waals surface area contributed by atoms with Crippen LogP contribution in [0, 0.1) is 0 Å². The van der Waals surface area contributed by atoms with Gasteiger partial charge in [-0.1, -0.05) is 84.4 Å². The van der Waals surface area contributed by atoms with E-state index in [0.717, 1.165) is 5.56 Å². The molecule has 1 N–H and O–H groups in total. The molecule has 0 atom stereocenters. The summed E-state index contributed by atoms with van der Waals surface area (Å²) in [6, 6.07) is 28.3. The van der Waals surface area contributed by atoms with Crippen LogP contribution < -0.4 is 5.32 Å². The van der Waals surface area contributed by atoms with Crippen molar-refractivity contribution in [1.82, 2.24) is 4.98 Å². The number of nitrogens with zero attached hydrogens (tertiary/aromatic N) is 1. The lowest BCUT2D eigenvalue weighted by Crippen LogP contribution is -2.22. The molecule has 6 heteroatoms. The third-order valence-electron chi connectivity index (χ3n) is 6.29. The number of anilines is 1. The fourth-order valence-corrected chi connectivity index (χ4v) is 4.73. The summed E-state index contributed by atoms with van der Waals surface area (Å²) in [7, 11) is 0. The molecule has 1 aliphatic rings. The van der Waals surface area contributed by atoms with E-state index in [4.69, 9.17) is 16.6 Å². The minimum Gasteiger partial charge on any atom is -0.321 e. The number of hydrogen-bond donors (Lipinski definition) is 1. The fourth-order valence-electron chi connectivity index (χ4n) is 4.52. The van der Waals surface area contributed by atoms with Crippen LogP contribution in [-0.4, -0.2) is 22.5 Å². The first-order valence-corrected chi connectivity index (χ1v) is 11.7. The molecule has 1 aliphatic carbocycles. The van der Waals surface area contributed by atoms with Crippen molar-refractivity contribution in [3.63, 3.8) is 0 Å². The quantitative estimate of drug-likeness (QED) is 0.305. The Morgan fingerprint density at radius 2 is 1.31 bits per heavy atom. The summed E-state index contributed by atoms with van der Waals surface area (Å²) < 4.78 is 0. The predicted molar refractivity (Wildman–Crippen MR) is 140 cm³/mol. The highest BCUT2D eigenvalue weighted by Crippen LogP contribution is 2.34. The van der Waals surface area contributed by atoms with Crippen LogP contribution >= 0.6 is 11.6 Å². The van der Waals surface area contributed by atoms with Crippen molar-refractivity contribution in [1.29, 1.82) is 0 Å². The van der Waals surface area contributed by atoms with E-state index in [1.165, 1.54) is 12.1 Å². The van der Waals surface area contributed by atoms with Gasteiger partial charge in [0.15, 0.2) is 11.6 Å². The van der Waals surface area contributed by atoms with E-state index in [-0.39, 0.29) is 33.4 Å². The molecule has 4 aromatic carbocycles. The van der Waals surface area contributed by atoms with Crippen molar-refractivity contribution in [2.24, 2.45) is 0 Å². The summed E-state index contributed by atoms with van der Waals surface area (Å²) in [6.07, 6.45) is 0. The lowest BCUT2D eigenvalue weighted by Gasteiger charge is -2.19. The molecule has 0 unspecified atom stereocenters. The second kappa shape index (κ2) is 8.56. The number of halogens is 1. The number of para-hydroxylation sites is 1. The van der Waals surface area contributed by atoms with E-state index in [1.54, 1.807) is 30.3 Å². The van der Waals surface area contributed by atoms with Crippen LogP contribution in [0.1, 0.15) is 42.2 Å². The van der Waals surface area contributed by atoms with Crippen LogP contribution in [-0.2, 0) is 0 Å². The average Bonchev–Trinajstić information content (AvgIpc) is 2.92. The molecule has 0 spiro atoms. The molecule has 0 radical (unpaired) electrons. The van der Waals surface area contributed by atoms with E-state index in [1.807, 2.05) is 54.6 Å². The van der Waals surface area contributed by atoms with Crippen LogP contribution in [0.5, 0.6) is 0 Å². The van der Waals surface area contributed by atoms with Gasteiger partial charge in [-0.15, -0.1) is 0 Å². The van der Waals surface area contributed by atoms with Crippen LogP contribution in [0.3, 0.4) is 0 Å². The summed E-state index contributed by atoms with van der Waals surface area (Å²) in [5.41, 5.74) is 4.01. The Labute approximate surface area is 211 Å². The smallest absolute Gasteiger partial charge is 0.256 e. The molecule has 0 fully saturated rings. The minimum atomic E-state index is -0.400. The topological polar surface area (TPSA) is 76.1 Å². The van der Waals surface area contributed by atoms with Gasteiger partial charge in [0, 0.05) is 33.2 Å². The Morgan fingerprint density at radius 1 is 0.694 bits per heavy atom. The second-order valence-corrected chi connectivity index (χ2v) is 8.88. The number of nitrogens with one attached hydrogen (secondary N) is 1. The highest BCUT2D eigenvalue weighted by Gasteiger charge is 2.30. The van der Waals surface area contributed by atoms with Gasteiger partial charge in [0.25, 0.3) is 5.91 Å². The Morgan fingerprint density at radius 3 is 2.03 bits per heavy atom. The van der Waals surface area contributed by atoms with Crippen molar-refractivity contribution >= 4 is 45.7 Å². The van der Waals surface area contributed by atoms with Crippen molar-refractivity contribution < 1.29 is 14.4 Å². The maximum atomic E-state index is 13.5. The normalized spacial score (nSPS) is 12.2. The van der Waals surface area contributed by atoms with Crippen LogP contribution in [0.25, 0.3) is 22.2 Å². The van der Waals surface area contributed by atoms with Crippen molar-refractivity contribution in [2.75, 3.05) is 5.32 Å². The molecule has 5 aromatic rings. The first-order valence-electron chi connectivity index (χ1n) is 11.3. The molecule has 0 saturated carbocycles. The van der Waals surface area contributed by atoms with Crippen LogP contribution in [0.15, 0.2) is 97.1 Å². The zero-order valence-corrected chi connectivity index (χ0v) is 19.5. The van der Waals surface area contributed by atoms with E-state index < -0.39 is 5.91 Å². The zero-order chi connectivity index (χ0) is 24.8. The van der Waals surface area contributed by atoms with E-state index in [0.29, 0.717) is 33.3 Å². The number of aromatic nitrogens is 1. The first kappa shape index (κ1) is 21.9. The van der Waals surface area contributed by atoms with Gasteiger partial charge in [0.1, 0.15) is 0 Å². The Hall–Kier alpha value is -4.61. The highest BCUT2D eigenvalue weighted by molar-refractivity contribution is 6.36. The Bertz CT molecular complexity index is 1730. The number of hydrogen-bond acceptors (Lipinski definition) is 4. The summed E-state index contributed by atoms with van der Waals surface area (Å²) in [4.78, 5) is 44.4. The predicted octanol–water partition coefficient (Wildman–Crippen LogP) is 6.58. The van der Waals surface area contributed by atoms with Crippen molar-refractivity contribution in [2.45, 2.75) is 0 Å². The summed E-state index contributed by atoms with van der Waals surface area (Å²) in [5.74, 6) is -0.955. The number of fused-ring (bicyclic) bond motifs is 3. The maximum absolute atomic E-state index is 13.5. The molecule has 36 heavy (non-hydrogen) atoms. The SMILES string of the molecule is O=C1c2ccccc2C(=O)c2cc(NC(=O)c3cc(-c4ccccc4)nc4ccccc34)c(Cl)cc21. The monoisotopic (exact) mass is 488 g/mol. The molecule has 6 rings (SSSR count). The van der Waals surface area contributed by atoms with Crippen LogP contribution in [0.4, 0.5) is 5.69 Å². The fraction of sp³-hybridized carbons (Fsp3) is 0. The van der Waals surface area contributed by atoms with Gasteiger partial charge in [-0.3, -0.25) is 14.4 Å². The maximum Gasteiger partial charge on any atom is 0.256 e. The lowest BCUT2D eigenvalue weighted by atomic mass is 9.84. The lowest BCUT2D eigenvalue weighted by molar-refractivity contribution is 0.0979. The molecule has 0 bridgehead atoms. The third-order valence-corrected chi connectivity index (χ3v) is 6.60. The molecule has 1 heterocycles. The van der Waals surface area contributed by atoms with Gasteiger partial charge >= 0.3 is 0 Å².